The van der Waals surface area contributed by atoms with Gasteiger partial charge in [-0.05, 0) is 10.9 Å². The number of aromatic nitrogens is 4. The van der Waals surface area contributed by atoms with E-state index in [-0.39, 0.29) is 16.7 Å². The van der Waals surface area contributed by atoms with Gasteiger partial charge in [0.1, 0.15) is 35.6 Å². The summed E-state index contributed by atoms with van der Waals surface area (Å²) in [6.07, 6.45) is 1.97. The summed E-state index contributed by atoms with van der Waals surface area (Å²) in [4.78, 5) is 22.8. The second-order valence-electron chi connectivity index (χ2n) is 6.82. The molecule has 28 heavy (non-hydrogen) atoms. The van der Waals surface area contributed by atoms with Crippen LogP contribution in [0.15, 0.2) is 12.7 Å². The summed E-state index contributed by atoms with van der Waals surface area (Å²) in [5, 5.41) is 31.5. The van der Waals surface area contributed by atoms with Crippen LogP contribution in [0, 0.1) is 0 Å². The van der Waals surface area contributed by atoms with Crippen LogP contribution in [0.25, 0.3) is 11.2 Å². The number of hydrogen-bond acceptors (Lipinski definition) is 10. The number of imidazole rings is 1. The molecule has 1 aliphatic heterocycles. The highest BCUT2D eigenvalue weighted by Crippen LogP contribution is 2.33. The van der Waals surface area contributed by atoms with Gasteiger partial charge in [0.15, 0.2) is 17.7 Å². The first kappa shape index (κ1) is 20.7. The highest BCUT2D eigenvalue weighted by Gasteiger charge is 2.44. The number of carboxylic acid groups (broad SMARTS) is 1. The van der Waals surface area contributed by atoms with Crippen molar-refractivity contribution in [3.63, 3.8) is 0 Å². The Morgan fingerprint density at radius 2 is 2.11 bits per heavy atom. The molecule has 11 nitrogen and oxygen atoms in total. The molecule has 0 saturated carbocycles. The maximum absolute atomic E-state index is 10.7. The Labute approximate surface area is 164 Å². The fourth-order valence-electron chi connectivity index (χ4n) is 3.12. The van der Waals surface area contributed by atoms with Crippen molar-refractivity contribution in [2.75, 3.05) is 23.5 Å². The predicted molar refractivity (Wildman–Crippen MR) is 101 cm³/mol. The summed E-state index contributed by atoms with van der Waals surface area (Å²) in [7, 11) is -0.103. The van der Waals surface area contributed by atoms with Gasteiger partial charge in [-0.15, -0.1) is 0 Å². The van der Waals surface area contributed by atoms with E-state index in [9.17, 15) is 20.1 Å². The number of aliphatic hydroxyl groups excluding tert-OH is 2. The van der Waals surface area contributed by atoms with Gasteiger partial charge < -0.3 is 36.3 Å². The van der Waals surface area contributed by atoms with Crippen LogP contribution in [0.2, 0.25) is 0 Å². The van der Waals surface area contributed by atoms with Crippen molar-refractivity contribution in [1.29, 1.82) is 0 Å². The van der Waals surface area contributed by atoms with Crippen LogP contribution in [0.4, 0.5) is 5.82 Å². The number of hydrogen-bond donors (Lipinski definition) is 4. The van der Waals surface area contributed by atoms with E-state index in [0.717, 1.165) is 0 Å². The van der Waals surface area contributed by atoms with Gasteiger partial charge in [-0.25, -0.2) is 15.0 Å². The smallest absolute Gasteiger partial charge is 0.167 e. The number of nitrogen functional groups attached to an aromatic ring is 1. The summed E-state index contributed by atoms with van der Waals surface area (Å²) < 4.78 is 7.42. The Hall–Kier alpha value is -1.99. The highest BCUT2D eigenvalue weighted by atomic mass is 32.2. The van der Waals surface area contributed by atoms with Crippen LogP contribution in [-0.4, -0.2) is 77.8 Å². The Morgan fingerprint density at radius 1 is 1.36 bits per heavy atom. The molecular weight excluding hydrogens is 388 g/mol. The minimum absolute atomic E-state index is 0.103. The summed E-state index contributed by atoms with van der Waals surface area (Å²) in [5.74, 6) is 0.320. The van der Waals surface area contributed by atoms with Crippen LogP contribution < -0.4 is 16.6 Å². The first-order valence-electron chi connectivity index (χ1n) is 8.79. The van der Waals surface area contributed by atoms with Crippen LogP contribution in [0.3, 0.4) is 0 Å². The molecule has 2 aromatic rings. The summed E-state index contributed by atoms with van der Waals surface area (Å²) in [6.45, 7) is 0. The van der Waals surface area contributed by atoms with E-state index in [0.29, 0.717) is 35.5 Å². The molecule has 0 aliphatic carbocycles. The zero-order chi connectivity index (χ0) is 20.4. The lowest BCUT2D eigenvalue weighted by Crippen LogP contribution is -2.43. The van der Waals surface area contributed by atoms with Gasteiger partial charge in [-0.3, -0.25) is 4.57 Å². The molecular formula is C16H24N6O5S. The predicted octanol–water partition coefficient (Wildman–Crippen LogP) is -2.87. The molecule has 6 atom stereocenters. The van der Waals surface area contributed by atoms with Gasteiger partial charge >= 0.3 is 0 Å². The zero-order valence-electron chi connectivity index (χ0n) is 15.3. The molecule has 0 aromatic carbocycles. The molecule has 0 radical (unpaired) electrons. The number of nitrogens with two attached hydrogens (primary N) is 2. The molecule has 1 fully saturated rings. The van der Waals surface area contributed by atoms with Gasteiger partial charge in [0, 0.05) is 18.9 Å². The Kier molecular flexibility index (Phi) is 6.35. The van der Waals surface area contributed by atoms with Gasteiger partial charge in [0.2, 0.25) is 0 Å². The van der Waals surface area contributed by atoms with E-state index in [2.05, 4.69) is 15.0 Å². The lowest BCUT2D eigenvalue weighted by Gasteiger charge is -2.16. The fourth-order valence-corrected chi connectivity index (χ4v) is 4.61. The lowest BCUT2D eigenvalue weighted by molar-refractivity contribution is -0.307. The number of carboxylic acids is 1. The number of anilines is 1. The fraction of sp³-hybridized carbons (Fsp3) is 0.625. The number of aliphatic hydroxyl groups is 2. The van der Waals surface area contributed by atoms with Crippen LogP contribution in [0.5, 0.6) is 0 Å². The second kappa shape index (κ2) is 8.57. The van der Waals surface area contributed by atoms with Gasteiger partial charge in [-0.1, -0.05) is 0 Å². The van der Waals surface area contributed by atoms with Crippen molar-refractivity contribution in [3.8, 4) is 0 Å². The van der Waals surface area contributed by atoms with Crippen LogP contribution in [-0.2, 0) is 20.4 Å². The molecule has 3 heterocycles. The third-order valence-corrected chi connectivity index (χ3v) is 6.69. The van der Waals surface area contributed by atoms with E-state index in [4.69, 9.17) is 16.2 Å². The topological polar surface area (TPSA) is 185 Å². The molecule has 0 bridgehead atoms. The normalized spacial score (nSPS) is 27.1. The number of aliphatic carboxylic acids is 1. The van der Waals surface area contributed by atoms with Crippen LogP contribution in [0.1, 0.15) is 19.1 Å². The number of ether oxygens (including phenoxy) is 1. The molecule has 0 spiro atoms. The van der Waals surface area contributed by atoms with Crippen molar-refractivity contribution in [2.45, 2.75) is 43.4 Å². The van der Waals surface area contributed by atoms with Gasteiger partial charge in [-0.2, -0.15) is 0 Å². The van der Waals surface area contributed by atoms with E-state index in [1.807, 2.05) is 6.26 Å². The SMILES string of the molecule is C[S+](CC[C@H](N)C(=O)[O-])CC[C@H]1O[C@@H](n2cnc3c(N)ncnc32)[C@H](O)[C@@H]1O. The molecule has 0 amide bonds. The minimum atomic E-state index is -1.26. The summed E-state index contributed by atoms with van der Waals surface area (Å²) >= 11 is 0. The zero-order valence-corrected chi connectivity index (χ0v) is 16.2. The second-order valence-corrected chi connectivity index (χ2v) is 9.20. The first-order chi connectivity index (χ1) is 13.3. The summed E-state index contributed by atoms with van der Waals surface area (Å²) in [6, 6.07) is -0.974. The Bertz CT molecular complexity index is 835. The number of fused-ring (bicyclic) bond motifs is 1. The molecule has 12 heteroatoms. The minimum Gasteiger partial charge on any atom is -0.548 e. The molecule has 1 unspecified atom stereocenters. The number of carbonyl (C=O) groups excluding carboxylic acids is 1. The largest absolute Gasteiger partial charge is 0.548 e. The van der Waals surface area contributed by atoms with Crippen molar-refractivity contribution in [2.24, 2.45) is 5.73 Å². The number of rotatable bonds is 8. The monoisotopic (exact) mass is 412 g/mol. The van der Waals surface area contributed by atoms with E-state index < -0.39 is 36.6 Å². The quantitative estimate of drug-likeness (QED) is 0.328. The van der Waals surface area contributed by atoms with Crippen molar-refractivity contribution < 1.29 is 24.9 Å². The highest BCUT2D eigenvalue weighted by molar-refractivity contribution is 7.96. The van der Waals surface area contributed by atoms with E-state index >= 15 is 0 Å². The Balaban J connectivity index is 1.61. The van der Waals surface area contributed by atoms with Crippen molar-refractivity contribution in [3.05, 3.63) is 12.7 Å². The van der Waals surface area contributed by atoms with Crippen molar-refractivity contribution >= 4 is 33.8 Å². The molecule has 2 aromatic heterocycles. The average molecular weight is 412 g/mol. The number of nitrogens with zero attached hydrogens (tertiary/aromatic N) is 4. The molecule has 6 N–H and O–H groups in total. The average Bonchev–Trinajstić information content (AvgIpc) is 3.21. The maximum Gasteiger partial charge on any atom is 0.167 e. The van der Waals surface area contributed by atoms with Gasteiger partial charge in [0.05, 0.1) is 24.7 Å². The number of carbonyl (C=O) groups is 1. The van der Waals surface area contributed by atoms with Crippen LogP contribution >= 0.6 is 0 Å². The third-order valence-electron chi connectivity index (χ3n) is 4.83. The molecule has 1 aliphatic rings. The molecule has 154 valence electrons. The Morgan fingerprint density at radius 3 is 2.82 bits per heavy atom. The third kappa shape index (κ3) is 4.20. The molecule has 1 saturated heterocycles. The first-order valence-corrected chi connectivity index (χ1v) is 10.8. The van der Waals surface area contributed by atoms with E-state index in [1.54, 1.807) is 0 Å². The summed E-state index contributed by atoms with van der Waals surface area (Å²) in [5.41, 5.74) is 12.1. The van der Waals surface area contributed by atoms with Gasteiger partial charge in [0.25, 0.3) is 0 Å². The molecule has 3 rings (SSSR count). The van der Waals surface area contributed by atoms with E-state index in [1.165, 1.54) is 17.2 Å². The lowest BCUT2D eigenvalue weighted by atomic mass is 10.1. The maximum atomic E-state index is 10.7. The van der Waals surface area contributed by atoms with Crippen molar-refractivity contribution in [1.82, 2.24) is 19.5 Å². The standard InChI is InChI=1S/C16H24N6O5S/c1-28(4-2-8(17)16(25)26)5-3-9-11(23)12(24)15(27-9)22-7-21-10-13(18)19-6-20-14(10)22/h6-9,11-12,15,23-24H,2-5,17H2,1H3,(H2-,18,19,20,25,26)/t8-,9+,11+,12+,15+,28?/m0/s1.